The Bertz CT molecular complexity index is 1040. The number of carbonyl (C=O) groups is 2. The normalized spacial score (nSPS) is 10.9. The van der Waals surface area contributed by atoms with Gasteiger partial charge in [-0.2, -0.15) is 0 Å². The number of unbranched alkanes of at least 4 members (excludes halogenated alkanes) is 1. The lowest BCUT2D eigenvalue weighted by Crippen LogP contribution is -2.13. The molecule has 172 valence electrons. The zero-order valence-corrected chi connectivity index (χ0v) is 17.8. The SMILES string of the molecule is NS(=O)(=O)c1ccc(C(=O)Oc2ccc(CCOC(=O)CCCCO[N+](=O)[O-])cc2)cc1. The van der Waals surface area contributed by atoms with Crippen LogP contribution < -0.4 is 9.88 Å². The smallest absolute Gasteiger partial charge is 0.343 e. The summed E-state index contributed by atoms with van der Waals surface area (Å²) in [5, 5.41) is 14.1. The van der Waals surface area contributed by atoms with E-state index in [4.69, 9.17) is 14.6 Å². The number of primary sulfonamides is 1. The molecule has 2 N–H and O–H groups in total. The predicted molar refractivity (Wildman–Crippen MR) is 111 cm³/mol. The maximum absolute atomic E-state index is 12.2. The largest absolute Gasteiger partial charge is 0.465 e. The highest BCUT2D eigenvalue weighted by Gasteiger charge is 2.12. The molecule has 0 saturated heterocycles. The van der Waals surface area contributed by atoms with E-state index in [9.17, 15) is 28.1 Å². The molecule has 0 fully saturated rings. The van der Waals surface area contributed by atoms with Gasteiger partial charge in [0.2, 0.25) is 10.0 Å². The second kappa shape index (κ2) is 11.8. The van der Waals surface area contributed by atoms with Crippen LogP contribution in [0.4, 0.5) is 0 Å². The Morgan fingerprint density at radius 2 is 1.62 bits per heavy atom. The number of esters is 2. The molecule has 0 aliphatic heterocycles. The van der Waals surface area contributed by atoms with Crippen molar-refractivity contribution in [3.63, 3.8) is 0 Å². The Balaban J connectivity index is 1.73. The van der Waals surface area contributed by atoms with Crippen LogP contribution in [-0.2, 0) is 30.8 Å². The molecule has 0 aliphatic carbocycles. The van der Waals surface area contributed by atoms with Crippen molar-refractivity contribution in [1.29, 1.82) is 0 Å². The van der Waals surface area contributed by atoms with Crippen molar-refractivity contribution in [2.24, 2.45) is 5.14 Å². The van der Waals surface area contributed by atoms with E-state index in [1.807, 2.05) is 0 Å². The first-order valence-electron chi connectivity index (χ1n) is 9.52. The van der Waals surface area contributed by atoms with Gasteiger partial charge in [0, 0.05) is 12.8 Å². The Morgan fingerprint density at radius 1 is 0.969 bits per heavy atom. The van der Waals surface area contributed by atoms with Gasteiger partial charge in [-0.05, 0) is 54.8 Å². The third-order valence-corrected chi connectivity index (χ3v) is 5.11. The van der Waals surface area contributed by atoms with Gasteiger partial charge in [0.15, 0.2) is 0 Å². The number of sulfonamides is 1. The predicted octanol–water partition coefficient (Wildman–Crippen LogP) is 2.02. The number of nitrogens with zero attached hydrogens (tertiary/aromatic N) is 1. The van der Waals surface area contributed by atoms with Crippen molar-refractivity contribution in [3.8, 4) is 5.75 Å². The van der Waals surface area contributed by atoms with Crippen LogP contribution in [-0.4, -0.2) is 38.7 Å². The van der Waals surface area contributed by atoms with Gasteiger partial charge in [0.05, 0.1) is 23.7 Å². The molecule has 0 amide bonds. The number of nitrogens with two attached hydrogens (primary N) is 1. The molecule has 0 aromatic heterocycles. The third kappa shape index (κ3) is 8.70. The van der Waals surface area contributed by atoms with E-state index >= 15 is 0 Å². The second-order valence-electron chi connectivity index (χ2n) is 6.59. The summed E-state index contributed by atoms with van der Waals surface area (Å²) in [7, 11) is -3.84. The summed E-state index contributed by atoms with van der Waals surface area (Å²) in [5.74, 6) is -0.760. The fraction of sp³-hybridized carbons (Fsp3) is 0.300. The van der Waals surface area contributed by atoms with Crippen LogP contribution in [0, 0.1) is 10.1 Å². The number of rotatable bonds is 12. The topological polar surface area (TPSA) is 165 Å². The monoisotopic (exact) mass is 466 g/mol. The average Bonchev–Trinajstić information content (AvgIpc) is 2.74. The Hall–Kier alpha value is -3.51. The summed E-state index contributed by atoms with van der Waals surface area (Å²) >= 11 is 0. The van der Waals surface area contributed by atoms with Crippen LogP contribution in [0.3, 0.4) is 0 Å². The summed E-state index contributed by atoms with van der Waals surface area (Å²) in [6, 6.07) is 11.7. The van der Waals surface area contributed by atoms with Crippen molar-refractivity contribution in [2.45, 2.75) is 30.6 Å². The molecule has 2 aromatic rings. The maximum Gasteiger partial charge on any atom is 0.343 e. The van der Waals surface area contributed by atoms with Gasteiger partial charge >= 0.3 is 11.9 Å². The Kier molecular flexibility index (Phi) is 9.10. The van der Waals surface area contributed by atoms with Crippen LogP contribution in [0.2, 0.25) is 0 Å². The van der Waals surface area contributed by atoms with Crippen LogP contribution in [0.1, 0.15) is 35.2 Å². The van der Waals surface area contributed by atoms with Gasteiger partial charge in [-0.1, -0.05) is 12.1 Å². The zero-order valence-electron chi connectivity index (χ0n) is 17.0. The highest BCUT2D eigenvalue weighted by molar-refractivity contribution is 7.89. The number of ether oxygens (including phenoxy) is 2. The van der Waals surface area contributed by atoms with E-state index in [2.05, 4.69) is 4.84 Å². The number of benzene rings is 2. The fourth-order valence-corrected chi connectivity index (χ4v) is 3.05. The molecule has 0 spiro atoms. The highest BCUT2D eigenvalue weighted by atomic mass is 32.2. The van der Waals surface area contributed by atoms with E-state index in [-0.39, 0.29) is 30.1 Å². The summed E-state index contributed by atoms with van der Waals surface area (Å²) in [6.45, 7) is 0.109. The second-order valence-corrected chi connectivity index (χ2v) is 8.15. The molecule has 0 heterocycles. The van der Waals surface area contributed by atoms with E-state index in [0.717, 1.165) is 5.56 Å². The minimum absolute atomic E-state index is 0.0574. The van der Waals surface area contributed by atoms with Crippen molar-refractivity contribution in [3.05, 3.63) is 69.8 Å². The van der Waals surface area contributed by atoms with Crippen LogP contribution >= 0.6 is 0 Å². The van der Waals surface area contributed by atoms with Crippen molar-refractivity contribution in [2.75, 3.05) is 13.2 Å². The van der Waals surface area contributed by atoms with Crippen molar-refractivity contribution < 1.29 is 37.4 Å². The minimum atomic E-state index is -3.84. The number of carbonyl (C=O) groups excluding carboxylic acids is 2. The van der Waals surface area contributed by atoms with Gasteiger partial charge < -0.3 is 14.3 Å². The highest BCUT2D eigenvalue weighted by Crippen LogP contribution is 2.16. The summed E-state index contributed by atoms with van der Waals surface area (Å²) < 4.78 is 32.9. The molecular weight excluding hydrogens is 444 g/mol. The molecule has 0 saturated carbocycles. The first-order chi connectivity index (χ1) is 15.1. The molecule has 0 atom stereocenters. The molecule has 0 aliphatic rings. The van der Waals surface area contributed by atoms with Crippen molar-refractivity contribution in [1.82, 2.24) is 0 Å². The molecule has 0 unspecified atom stereocenters. The van der Waals surface area contributed by atoms with Crippen LogP contribution in [0.25, 0.3) is 0 Å². The molecule has 2 rings (SSSR count). The maximum atomic E-state index is 12.2. The Morgan fingerprint density at radius 3 is 2.22 bits per heavy atom. The molecule has 11 nitrogen and oxygen atoms in total. The van der Waals surface area contributed by atoms with Gasteiger partial charge in [-0.25, -0.2) is 18.4 Å². The molecule has 0 bridgehead atoms. The fourth-order valence-electron chi connectivity index (χ4n) is 2.54. The lowest BCUT2D eigenvalue weighted by molar-refractivity contribution is -0.757. The number of hydrogen-bond acceptors (Lipinski definition) is 9. The van der Waals surface area contributed by atoms with Gasteiger partial charge in [-0.3, -0.25) is 4.79 Å². The Labute approximate surface area is 184 Å². The summed E-state index contributed by atoms with van der Waals surface area (Å²) in [4.78, 5) is 37.8. The summed E-state index contributed by atoms with van der Waals surface area (Å²) in [6.07, 6.45) is 1.41. The minimum Gasteiger partial charge on any atom is -0.465 e. The summed E-state index contributed by atoms with van der Waals surface area (Å²) in [5.41, 5.74) is 1.02. The average molecular weight is 466 g/mol. The number of hydrogen-bond donors (Lipinski definition) is 1. The van der Waals surface area contributed by atoms with E-state index in [1.54, 1.807) is 24.3 Å². The molecule has 12 heteroatoms. The van der Waals surface area contributed by atoms with Crippen LogP contribution in [0.15, 0.2) is 53.4 Å². The van der Waals surface area contributed by atoms with Gasteiger partial charge in [-0.15, -0.1) is 10.1 Å². The van der Waals surface area contributed by atoms with Gasteiger partial charge in [0.25, 0.3) is 5.09 Å². The zero-order chi connectivity index (χ0) is 23.6. The van der Waals surface area contributed by atoms with Crippen molar-refractivity contribution >= 4 is 22.0 Å². The molecule has 0 radical (unpaired) electrons. The van der Waals surface area contributed by atoms with E-state index in [1.165, 1.54) is 24.3 Å². The first-order valence-corrected chi connectivity index (χ1v) is 11.1. The molecular formula is C20H22N2O9S. The molecule has 2 aromatic carbocycles. The quantitative estimate of drug-likeness (QED) is 0.162. The standard InChI is InChI=1S/C20H22N2O9S/c21-32(27,28)18-10-6-16(7-11-18)20(24)31-17-8-4-15(5-9-17)12-14-29-19(23)3-1-2-13-30-22(25)26/h4-11H,1-3,12-14H2,(H2,21,27,28). The molecule has 32 heavy (non-hydrogen) atoms. The van der Waals surface area contributed by atoms with E-state index < -0.39 is 27.0 Å². The first kappa shape index (κ1) is 24.8. The van der Waals surface area contributed by atoms with Crippen LogP contribution in [0.5, 0.6) is 5.75 Å². The van der Waals surface area contributed by atoms with Gasteiger partial charge in [0.1, 0.15) is 5.75 Å². The lowest BCUT2D eigenvalue weighted by Gasteiger charge is -2.07. The third-order valence-electron chi connectivity index (χ3n) is 4.18. The lowest BCUT2D eigenvalue weighted by atomic mass is 10.1. The van der Waals surface area contributed by atoms with E-state index in [0.29, 0.717) is 25.0 Å².